The number of nitrogens with zero attached hydrogens (tertiary/aromatic N) is 1. The number of carbonyl (C=O) groups is 1. The van der Waals surface area contributed by atoms with Gasteiger partial charge in [-0.05, 0) is 18.9 Å². The molecular weight excluding hydrogens is 218 g/mol. The fourth-order valence-corrected chi connectivity index (χ4v) is 2.03. The Morgan fingerprint density at radius 2 is 2.53 bits per heavy atom. The molecule has 4 nitrogen and oxygen atoms in total. The molecule has 1 atom stereocenters. The van der Waals surface area contributed by atoms with Crippen molar-refractivity contribution in [2.24, 2.45) is 0 Å². The van der Waals surface area contributed by atoms with Crippen LogP contribution in [0.5, 0.6) is 0 Å². The third-order valence-corrected chi connectivity index (χ3v) is 2.71. The molecule has 0 amide bonds. The quantitative estimate of drug-likeness (QED) is 0.863. The van der Waals surface area contributed by atoms with Crippen molar-refractivity contribution in [2.45, 2.75) is 25.5 Å². The predicted molar refractivity (Wildman–Crippen MR) is 55.4 cm³/mol. The summed E-state index contributed by atoms with van der Waals surface area (Å²) in [7, 11) is 0. The molecule has 1 saturated heterocycles. The molecule has 0 bridgehead atoms. The van der Waals surface area contributed by atoms with Gasteiger partial charge in [0, 0.05) is 19.3 Å². The van der Waals surface area contributed by atoms with Crippen LogP contribution in [0.2, 0.25) is 5.02 Å². The number of hydrogen-bond donors (Lipinski definition) is 1. The summed E-state index contributed by atoms with van der Waals surface area (Å²) in [5.74, 6) is -0.958. The average molecular weight is 230 g/mol. The van der Waals surface area contributed by atoms with Gasteiger partial charge in [-0.25, -0.2) is 4.79 Å². The summed E-state index contributed by atoms with van der Waals surface area (Å²) in [6.07, 6.45) is 3.77. The van der Waals surface area contributed by atoms with Crippen molar-refractivity contribution in [3.8, 4) is 0 Å². The molecule has 0 aliphatic carbocycles. The molecule has 1 aromatic heterocycles. The Hall–Kier alpha value is -1.00. The number of aromatic carboxylic acids is 1. The maximum atomic E-state index is 10.9. The van der Waals surface area contributed by atoms with Crippen molar-refractivity contribution in [1.82, 2.24) is 4.57 Å². The Morgan fingerprint density at radius 3 is 3.13 bits per heavy atom. The van der Waals surface area contributed by atoms with Gasteiger partial charge < -0.3 is 14.4 Å². The van der Waals surface area contributed by atoms with Crippen LogP contribution in [-0.2, 0) is 11.3 Å². The van der Waals surface area contributed by atoms with Gasteiger partial charge in [-0.15, -0.1) is 0 Å². The molecule has 0 aromatic carbocycles. The highest BCUT2D eigenvalue weighted by atomic mass is 35.5. The minimum atomic E-state index is -0.958. The second-order valence-corrected chi connectivity index (χ2v) is 4.07. The van der Waals surface area contributed by atoms with E-state index < -0.39 is 5.97 Å². The van der Waals surface area contributed by atoms with Gasteiger partial charge in [-0.1, -0.05) is 11.6 Å². The number of aromatic nitrogens is 1. The molecule has 1 N–H and O–H groups in total. The molecule has 2 heterocycles. The second-order valence-electron chi connectivity index (χ2n) is 3.64. The van der Waals surface area contributed by atoms with Crippen molar-refractivity contribution in [1.29, 1.82) is 0 Å². The van der Waals surface area contributed by atoms with Gasteiger partial charge in [-0.2, -0.15) is 0 Å². The van der Waals surface area contributed by atoms with Crippen LogP contribution in [0, 0.1) is 0 Å². The SMILES string of the molecule is O=C(O)c1cc(Cl)cn1CC1CCCO1. The molecule has 5 heteroatoms. The lowest BCUT2D eigenvalue weighted by Crippen LogP contribution is -2.17. The van der Waals surface area contributed by atoms with Crippen LogP contribution >= 0.6 is 11.6 Å². The maximum Gasteiger partial charge on any atom is 0.352 e. The van der Waals surface area contributed by atoms with Gasteiger partial charge in [0.1, 0.15) is 5.69 Å². The zero-order valence-electron chi connectivity index (χ0n) is 8.15. The lowest BCUT2D eigenvalue weighted by atomic mass is 10.2. The number of halogens is 1. The summed E-state index contributed by atoms with van der Waals surface area (Å²) < 4.78 is 7.08. The first-order valence-corrected chi connectivity index (χ1v) is 5.25. The Bertz CT molecular complexity index is 369. The fourth-order valence-electron chi connectivity index (χ4n) is 1.81. The van der Waals surface area contributed by atoms with Crippen LogP contribution in [0.25, 0.3) is 0 Å². The van der Waals surface area contributed by atoms with Crippen LogP contribution in [0.3, 0.4) is 0 Å². The van der Waals surface area contributed by atoms with Crippen molar-refractivity contribution < 1.29 is 14.6 Å². The van der Waals surface area contributed by atoms with E-state index in [9.17, 15) is 4.79 Å². The van der Waals surface area contributed by atoms with Crippen LogP contribution < -0.4 is 0 Å². The summed E-state index contributed by atoms with van der Waals surface area (Å²) in [5.41, 5.74) is 0.218. The van der Waals surface area contributed by atoms with E-state index in [0.29, 0.717) is 11.6 Å². The molecule has 0 spiro atoms. The van der Waals surface area contributed by atoms with E-state index >= 15 is 0 Å². The monoisotopic (exact) mass is 229 g/mol. The summed E-state index contributed by atoms with van der Waals surface area (Å²) in [4.78, 5) is 10.9. The Morgan fingerprint density at radius 1 is 1.73 bits per heavy atom. The molecule has 1 aliphatic rings. The molecule has 82 valence electrons. The molecule has 2 rings (SSSR count). The normalized spacial score (nSPS) is 20.7. The first-order chi connectivity index (χ1) is 7.16. The number of rotatable bonds is 3. The largest absolute Gasteiger partial charge is 0.477 e. The molecular formula is C10H12ClNO3. The molecule has 1 fully saturated rings. The lowest BCUT2D eigenvalue weighted by Gasteiger charge is -2.11. The van der Waals surface area contributed by atoms with E-state index in [1.165, 1.54) is 6.07 Å². The van der Waals surface area contributed by atoms with E-state index in [2.05, 4.69) is 0 Å². The average Bonchev–Trinajstić information content (AvgIpc) is 2.75. The topological polar surface area (TPSA) is 51.5 Å². The zero-order chi connectivity index (χ0) is 10.8. The maximum absolute atomic E-state index is 10.9. The van der Waals surface area contributed by atoms with Gasteiger partial charge in [0.15, 0.2) is 0 Å². The third-order valence-electron chi connectivity index (χ3n) is 2.51. The van der Waals surface area contributed by atoms with Gasteiger partial charge in [-0.3, -0.25) is 0 Å². The van der Waals surface area contributed by atoms with Crippen LogP contribution in [0.15, 0.2) is 12.3 Å². The van der Waals surface area contributed by atoms with Crippen LogP contribution in [-0.4, -0.2) is 28.4 Å². The molecule has 0 radical (unpaired) electrons. The lowest BCUT2D eigenvalue weighted by molar-refractivity contribution is 0.0671. The first-order valence-electron chi connectivity index (χ1n) is 4.87. The third kappa shape index (κ3) is 2.33. The number of hydrogen-bond acceptors (Lipinski definition) is 2. The first kappa shape index (κ1) is 10.5. The summed E-state index contributed by atoms with van der Waals surface area (Å²) in [6.45, 7) is 1.33. The van der Waals surface area contributed by atoms with Gasteiger partial charge in [0.05, 0.1) is 11.1 Å². The van der Waals surface area contributed by atoms with E-state index in [1.54, 1.807) is 10.8 Å². The molecule has 1 aliphatic heterocycles. The zero-order valence-corrected chi connectivity index (χ0v) is 8.91. The van der Waals surface area contributed by atoms with Crippen molar-refractivity contribution in [3.63, 3.8) is 0 Å². The highest BCUT2D eigenvalue weighted by Crippen LogP contribution is 2.19. The standard InChI is InChI=1S/C10H12ClNO3/c11-7-4-9(10(13)14)12(5-7)6-8-2-1-3-15-8/h4-5,8H,1-3,6H2,(H,13,14). The molecule has 0 saturated carbocycles. The number of carboxylic acids is 1. The Labute approximate surface area is 92.4 Å². The summed E-state index contributed by atoms with van der Waals surface area (Å²) >= 11 is 5.77. The Balaban J connectivity index is 2.15. The van der Waals surface area contributed by atoms with Crippen LogP contribution in [0.4, 0.5) is 0 Å². The van der Waals surface area contributed by atoms with Gasteiger partial charge >= 0.3 is 5.97 Å². The van der Waals surface area contributed by atoms with Crippen molar-refractivity contribution in [2.75, 3.05) is 6.61 Å². The molecule has 1 unspecified atom stereocenters. The van der Waals surface area contributed by atoms with Crippen molar-refractivity contribution >= 4 is 17.6 Å². The van der Waals surface area contributed by atoms with E-state index in [-0.39, 0.29) is 11.8 Å². The minimum Gasteiger partial charge on any atom is -0.477 e. The number of ether oxygens (including phenoxy) is 1. The predicted octanol–water partition coefficient (Wildman–Crippen LogP) is 2.02. The summed E-state index contributed by atoms with van der Waals surface area (Å²) in [5, 5.41) is 9.38. The molecule has 1 aromatic rings. The van der Waals surface area contributed by atoms with E-state index in [1.807, 2.05) is 0 Å². The van der Waals surface area contributed by atoms with Crippen LogP contribution in [0.1, 0.15) is 23.3 Å². The highest BCUT2D eigenvalue weighted by Gasteiger charge is 2.19. The van der Waals surface area contributed by atoms with Gasteiger partial charge in [0.2, 0.25) is 0 Å². The van der Waals surface area contributed by atoms with Crippen molar-refractivity contribution in [3.05, 3.63) is 23.0 Å². The second kappa shape index (κ2) is 4.24. The van der Waals surface area contributed by atoms with E-state index in [0.717, 1.165) is 19.4 Å². The minimum absolute atomic E-state index is 0.117. The van der Waals surface area contributed by atoms with E-state index in [4.69, 9.17) is 21.4 Å². The van der Waals surface area contributed by atoms with Gasteiger partial charge in [0.25, 0.3) is 0 Å². The molecule has 15 heavy (non-hydrogen) atoms. The fraction of sp³-hybridized carbons (Fsp3) is 0.500. The Kier molecular flexibility index (Phi) is 2.98. The highest BCUT2D eigenvalue weighted by molar-refractivity contribution is 6.30. The smallest absolute Gasteiger partial charge is 0.352 e. The number of carboxylic acid groups (broad SMARTS) is 1. The summed E-state index contributed by atoms with van der Waals surface area (Å²) in [6, 6.07) is 1.46.